The minimum atomic E-state index is -0.338. The van der Waals surface area contributed by atoms with Crippen LogP contribution in [0.5, 0.6) is 0 Å². The quantitative estimate of drug-likeness (QED) is 0.911. The van der Waals surface area contributed by atoms with Crippen LogP contribution in [0.25, 0.3) is 0 Å². The number of thioether (sulfide) groups is 1. The molecule has 1 aromatic rings. The fourth-order valence-electron chi connectivity index (χ4n) is 1.97. The molecule has 1 heterocycles. The lowest BCUT2D eigenvalue weighted by atomic mass is 10.2. The zero-order valence-electron chi connectivity index (χ0n) is 10.6. The van der Waals surface area contributed by atoms with Gasteiger partial charge in [0.05, 0.1) is 5.75 Å². The zero-order chi connectivity index (χ0) is 13.8. The van der Waals surface area contributed by atoms with E-state index in [4.69, 9.17) is 0 Å². The number of rotatable bonds is 4. The van der Waals surface area contributed by atoms with Gasteiger partial charge in [0.1, 0.15) is 17.7 Å². The van der Waals surface area contributed by atoms with Gasteiger partial charge in [0, 0.05) is 6.54 Å². The Morgan fingerprint density at radius 2 is 2.37 bits per heavy atom. The standard InChI is InChI=1S/C13H15FN2O2S/c1-2-15-11(17)7-16-12(18)8-19-13(16)9-4-3-5-10(14)6-9/h3-6,13H,2,7-8H2,1H3,(H,15,17)/t13-/m1/s1. The Hall–Kier alpha value is -1.56. The molecule has 1 fully saturated rings. The number of benzene rings is 1. The number of amides is 2. The van der Waals surface area contributed by atoms with Gasteiger partial charge in [-0.25, -0.2) is 4.39 Å². The molecule has 0 radical (unpaired) electrons. The Kier molecular flexibility index (Phi) is 4.42. The van der Waals surface area contributed by atoms with Gasteiger partial charge in [-0.15, -0.1) is 11.8 Å². The molecule has 0 aromatic heterocycles. The summed E-state index contributed by atoms with van der Waals surface area (Å²) in [6.07, 6.45) is 0. The van der Waals surface area contributed by atoms with Gasteiger partial charge in [0.2, 0.25) is 11.8 Å². The van der Waals surface area contributed by atoms with Crippen LogP contribution in [0.2, 0.25) is 0 Å². The van der Waals surface area contributed by atoms with Crippen LogP contribution in [0.1, 0.15) is 17.9 Å². The van der Waals surface area contributed by atoms with Gasteiger partial charge in [-0.2, -0.15) is 0 Å². The first-order valence-electron chi connectivity index (χ1n) is 6.05. The Balaban J connectivity index is 2.15. The summed E-state index contributed by atoms with van der Waals surface area (Å²) in [6.45, 7) is 2.36. The van der Waals surface area contributed by atoms with E-state index in [0.717, 1.165) is 0 Å². The van der Waals surface area contributed by atoms with Gasteiger partial charge in [0.15, 0.2) is 0 Å². The number of carbonyl (C=O) groups is 2. The highest BCUT2D eigenvalue weighted by molar-refractivity contribution is 8.00. The summed E-state index contributed by atoms with van der Waals surface area (Å²) in [5, 5.41) is 2.37. The number of likely N-dealkylation sites (N-methyl/N-ethyl adjacent to an activating group) is 1. The van der Waals surface area contributed by atoms with Gasteiger partial charge in [-0.1, -0.05) is 12.1 Å². The van der Waals surface area contributed by atoms with E-state index in [1.807, 2.05) is 6.92 Å². The van der Waals surface area contributed by atoms with Crippen LogP contribution in [-0.2, 0) is 9.59 Å². The summed E-state index contributed by atoms with van der Waals surface area (Å²) in [7, 11) is 0. The van der Waals surface area contributed by atoms with Crippen LogP contribution >= 0.6 is 11.8 Å². The summed E-state index contributed by atoms with van der Waals surface area (Å²) in [4.78, 5) is 24.9. The molecular formula is C13H15FN2O2S. The monoisotopic (exact) mass is 282 g/mol. The number of carbonyl (C=O) groups excluding carboxylic acids is 2. The molecule has 1 aliphatic rings. The first kappa shape index (κ1) is 13.9. The third kappa shape index (κ3) is 3.26. The minimum absolute atomic E-state index is 0.0147. The average Bonchev–Trinajstić information content (AvgIpc) is 2.71. The number of nitrogens with zero attached hydrogens (tertiary/aromatic N) is 1. The van der Waals surface area contributed by atoms with E-state index >= 15 is 0 Å². The maximum absolute atomic E-state index is 13.2. The lowest BCUT2D eigenvalue weighted by Gasteiger charge is -2.23. The second-order valence-corrected chi connectivity index (χ2v) is 5.26. The number of nitrogens with one attached hydrogen (secondary N) is 1. The molecule has 4 nitrogen and oxygen atoms in total. The highest BCUT2D eigenvalue weighted by Gasteiger charge is 2.34. The topological polar surface area (TPSA) is 49.4 Å². The Morgan fingerprint density at radius 3 is 3.05 bits per heavy atom. The number of hydrogen-bond donors (Lipinski definition) is 1. The molecule has 2 amide bonds. The van der Waals surface area contributed by atoms with Crippen LogP contribution in [-0.4, -0.2) is 35.6 Å². The maximum Gasteiger partial charge on any atom is 0.239 e. The van der Waals surface area contributed by atoms with Crippen molar-refractivity contribution in [2.45, 2.75) is 12.3 Å². The van der Waals surface area contributed by atoms with Gasteiger partial charge in [0.25, 0.3) is 0 Å². The molecule has 1 aromatic carbocycles. The lowest BCUT2D eigenvalue weighted by molar-refractivity contribution is -0.133. The highest BCUT2D eigenvalue weighted by Crippen LogP contribution is 2.38. The molecule has 0 unspecified atom stereocenters. The molecular weight excluding hydrogens is 267 g/mol. The van der Waals surface area contributed by atoms with Crippen LogP contribution < -0.4 is 5.32 Å². The summed E-state index contributed by atoms with van der Waals surface area (Å²) in [5.74, 6) is -0.304. The molecule has 1 aliphatic heterocycles. The molecule has 1 saturated heterocycles. The summed E-state index contributed by atoms with van der Waals surface area (Å²) < 4.78 is 13.2. The predicted octanol–water partition coefficient (Wildman–Crippen LogP) is 1.54. The molecule has 1 atom stereocenters. The van der Waals surface area contributed by atoms with E-state index < -0.39 is 0 Å². The molecule has 0 spiro atoms. The van der Waals surface area contributed by atoms with E-state index in [0.29, 0.717) is 17.9 Å². The van der Waals surface area contributed by atoms with Crippen LogP contribution in [0, 0.1) is 5.82 Å². The second kappa shape index (κ2) is 6.06. The Labute approximate surface area is 115 Å². The molecule has 0 saturated carbocycles. The van der Waals surface area contributed by atoms with Gasteiger partial charge in [-0.05, 0) is 24.6 Å². The largest absolute Gasteiger partial charge is 0.355 e. The fraction of sp³-hybridized carbons (Fsp3) is 0.385. The normalized spacial score (nSPS) is 18.7. The molecule has 102 valence electrons. The van der Waals surface area contributed by atoms with Crippen molar-refractivity contribution in [3.63, 3.8) is 0 Å². The zero-order valence-corrected chi connectivity index (χ0v) is 11.4. The van der Waals surface area contributed by atoms with Gasteiger partial charge in [-0.3, -0.25) is 9.59 Å². The van der Waals surface area contributed by atoms with Crippen LogP contribution in [0.15, 0.2) is 24.3 Å². The maximum atomic E-state index is 13.2. The van der Waals surface area contributed by atoms with Crippen molar-refractivity contribution >= 4 is 23.6 Å². The minimum Gasteiger partial charge on any atom is -0.355 e. The van der Waals surface area contributed by atoms with E-state index in [1.165, 1.54) is 28.8 Å². The molecule has 6 heteroatoms. The van der Waals surface area contributed by atoms with Crippen LogP contribution in [0.3, 0.4) is 0 Å². The van der Waals surface area contributed by atoms with Crippen LogP contribution in [0.4, 0.5) is 4.39 Å². The predicted molar refractivity (Wildman–Crippen MR) is 72.0 cm³/mol. The van der Waals surface area contributed by atoms with Gasteiger partial charge < -0.3 is 10.2 Å². The molecule has 19 heavy (non-hydrogen) atoms. The smallest absolute Gasteiger partial charge is 0.239 e. The second-order valence-electron chi connectivity index (χ2n) is 4.19. The fourth-order valence-corrected chi connectivity index (χ4v) is 3.15. The Morgan fingerprint density at radius 1 is 1.58 bits per heavy atom. The summed E-state index contributed by atoms with van der Waals surface area (Å²) >= 11 is 1.41. The highest BCUT2D eigenvalue weighted by atomic mass is 32.2. The van der Waals surface area contributed by atoms with Crippen molar-refractivity contribution in [3.8, 4) is 0 Å². The van der Waals surface area contributed by atoms with Crippen molar-refractivity contribution in [2.24, 2.45) is 0 Å². The van der Waals surface area contributed by atoms with Crippen molar-refractivity contribution in [1.82, 2.24) is 10.2 Å². The van der Waals surface area contributed by atoms with Gasteiger partial charge >= 0.3 is 0 Å². The summed E-state index contributed by atoms with van der Waals surface area (Å²) in [5.41, 5.74) is 0.708. The van der Waals surface area contributed by atoms with Crippen molar-refractivity contribution < 1.29 is 14.0 Å². The molecule has 1 N–H and O–H groups in total. The van der Waals surface area contributed by atoms with E-state index in [9.17, 15) is 14.0 Å². The number of hydrogen-bond acceptors (Lipinski definition) is 3. The van der Waals surface area contributed by atoms with Crippen molar-refractivity contribution in [2.75, 3.05) is 18.8 Å². The third-order valence-corrected chi connectivity index (χ3v) is 4.05. The first-order valence-corrected chi connectivity index (χ1v) is 7.10. The molecule has 0 bridgehead atoms. The number of halogens is 1. The third-order valence-electron chi connectivity index (χ3n) is 2.79. The van der Waals surface area contributed by atoms with Crippen molar-refractivity contribution in [1.29, 1.82) is 0 Å². The molecule has 0 aliphatic carbocycles. The van der Waals surface area contributed by atoms with E-state index in [2.05, 4.69) is 5.32 Å². The SMILES string of the molecule is CCNC(=O)CN1C(=O)CS[C@@H]1c1cccc(F)c1. The average molecular weight is 282 g/mol. The van der Waals surface area contributed by atoms with E-state index in [-0.39, 0.29) is 29.6 Å². The van der Waals surface area contributed by atoms with E-state index in [1.54, 1.807) is 12.1 Å². The summed E-state index contributed by atoms with van der Waals surface area (Å²) in [6, 6.07) is 6.14. The Bertz CT molecular complexity index is 495. The first-order chi connectivity index (χ1) is 9.11. The molecule has 2 rings (SSSR count). The lowest BCUT2D eigenvalue weighted by Crippen LogP contribution is -2.39. The van der Waals surface area contributed by atoms with Crippen molar-refractivity contribution in [3.05, 3.63) is 35.6 Å².